The van der Waals surface area contributed by atoms with Crippen molar-refractivity contribution in [2.24, 2.45) is 0 Å². The molecule has 8 heteroatoms. The molecule has 0 fully saturated rings. The third-order valence-electron chi connectivity index (χ3n) is 7.20. The number of halogens is 1. The number of ether oxygens (including phenoxy) is 1. The number of nitrogens with one attached hydrogen (secondary N) is 1. The number of thiophene rings is 1. The number of fused-ring (bicyclic) bond motifs is 1. The SMILES string of the molecule is CCS(=O)Cc1cn(Cc2ccccc2F)c2sc(-c3ccc(OC)cc3)c(C(C)NCc3ccccc3)c2c1=O. The minimum Gasteiger partial charge on any atom is -0.497 e. The molecular weight excluding hydrogens is 556 g/mol. The second-order valence-corrected chi connectivity index (χ2v) is 12.7. The van der Waals surface area contributed by atoms with Crippen LogP contribution in [0.2, 0.25) is 0 Å². The van der Waals surface area contributed by atoms with E-state index in [4.69, 9.17) is 4.74 Å². The number of benzene rings is 3. The number of hydrogen-bond donors (Lipinski definition) is 1. The zero-order chi connectivity index (χ0) is 28.9. The van der Waals surface area contributed by atoms with Gasteiger partial charge in [0.1, 0.15) is 16.4 Å². The Labute approximate surface area is 246 Å². The minimum absolute atomic E-state index is 0.119. The first-order chi connectivity index (χ1) is 19.9. The van der Waals surface area contributed by atoms with Gasteiger partial charge >= 0.3 is 0 Å². The number of aromatic nitrogens is 1. The summed E-state index contributed by atoms with van der Waals surface area (Å²) >= 11 is 1.52. The zero-order valence-electron chi connectivity index (χ0n) is 23.4. The van der Waals surface area contributed by atoms with Crippen molar-refractivity contribution in [3.05, 3.63) is 123 Å². The van der Waals surface area contributed by atoms with Crippen LogP contribution < -0.4 is 15.5 Å². The van der Waals surface area contributed by atoms with E-state index in [0.717, 1.165) is 32.1 Å². The lowest BCUT2D eigenvalue weighted by Crippen LogP contribution is -2.22. The average Bonchev–Trinajstić information content (AvgIpc) is 3.41. The molecule has 0 bridgehead atoms. The Bertz CT molecular complexity index is 1730. The van der Waals surface area contributed by atoms with Crippen LogP contribution in [0.25, 0.3) is 20.7 Å². The molecule has 0 spiro atoms. The third kappa shape index (κ3) is 6.35. The maximum Gasteiger partial charge on any atom is 0.194 e. The predicted octanol–water partition coefficient (Wildman–Crippen LogP) is 7.05. The molecular formula is C33H33FN2O3S2. The van der Waals surface area contributed by atoms with Gasteiger partial charge in [-0.15, -0.1) is 11.3 Å². The molecule has 2 unspecified atom stereocenters. The first-order valence-electron chi connectivity index (χ1n) is 13.6. The van der Waals surface area contributed by atoms with Gasteiger partial charge in [0, 0.05) is 56.9 Å². The molecule has 41 heavy (non-hydrogen) atoms. The highest BCUT2D eigenvalue weighted by atomic mass is 32.2. The number of rotatable bonds is 11. The average molecular weight is 589 g/mol. The predicted molar refractivity (Wildman–Crippen MR) is 168 cm³/mol. The molecule has 3 aromatic carbocycles. The Morgan fingerprint density at radius 2 is 1.71 bits per heavy atom. The lowest BCUT2D eigenvalue weighted by atomic mass is 9.99. The van der Waals surface area contributed by atoms with E-state index in [1.165, 1.54) is 17.4 Å². The molecule has 2 atom stereocenters. The maximum atomic E-state index is 14.8. The summed E-state index contributed by atoms with van der Waals surface area (Å²) < 4.78 is 34.8. The van der Waals surface area contributed by atoms with Crippen molar-refractivity contribution in [2.45, 2.75) is 38.7 Å². The molecule has 0 radical (unpaired) electrons. The van der Waals surface area contributed by atoms with Crippen molar-refractivity contribution in [2.75, 3.05) is 12.9 Å². The molecule has 1 N–H and O–H groups in total. The van der Waals surface area contributed by atoms with Gasteiger partial charge in [0.05, 0.1) is 24.8 Å². The van der Waals surface area contributed by atoms with Crippen LogP contribution >= 0.6 is 11.3 Å². The molecule has 0 aliphatic carbocycles. The van der Waals surface area contributed by atoms with E-state index in [0.29, 0.717) is 28.8 Å². The van der Waals surface area contributed by atoms with Crippen molar-refractivity contribution < 1.29 is 13.3 Å². The number of nitrogens with zero attached hydrogens (tertiary/aromatic N) is 1. The molecule has 2 heterocycles. The summed E-state index contributed by atoms with van der Waals surface area (Å²) in [6.07, 6.45) is 1.77. The van der Waals surface area contributed by atoms with Crippen LogP contribution in [0.5, 0.6) is 5.75 Å². The minimum atomic E-state index is -1.18. The standard InChI is InChI=1S/C33H33FN2O3S2/c1-4-41(38)21-26-20-36(19-25-12-8-9-13-28(25)34)33-30(31(26)37)29(22(2)35-18-23-10-6-5-7-11-23)32(40-33)24-14-16-27(39-3)17-15-24/h5-17,20,22,35H,4,18-19,21H2,1-3H3. The van der Waals surface area contributed by atoms with Crippen molar-refractivity contribution >= 4 is 32.4 Å². The highest BCUT2D eigenvalue weighted by Gasteiger charge is 2.25. The lowest BCUT2D eigenvalue weighted by molar-refractivity contribution is 0.415. The second kappa shape index (κ2) is 12.9. The number of hydrogen-bond acceptors (Lipinski definition) is 5. The second-order valence-electron chi connectivity index (χ2n) is 9.92. The van der Waals surface area contributed by atoms with Crippen molar-refractivity contribution in [1.29, 1.82) is 0 Å². The molecule has 212 valence electrons. The molecule has 0 amide bonds. The summed E-state index contributed by atoms with van der Waals surface area (Å²) in [5, 5.41) is 4.21. The van der Waals surface area contributed by atoms with Gasteiger partial charge in [-0.3, -0.25) is 9.00 Å². The molecule has 0 saturated heterocycles. The molecule has 2 aromatic heterocycles. The first-order valence-corrected chi connectivity index (χ1v) is 15.9. The van der Waals surface area contributed by atoms with Crippen molar-refractivity contribution in [3.8, 4) is 16.2 Å². The van der Waals surface area contributed by atoms with Gasteiger partial charge in [-0.25, -0.2) is 4.39 Å². The van der Waals surface area contributed by atoms with Crippen LogP contribution in [0.3, 0.4) is 0 Å². The normalized spacial score (nSPS) is 12.9. The van der Waals surface area contributed by atoms with E-state index < -0.39 is 10.8 Å². The summed E-state index contributed by atoms with van der Waals surface area (Å²) in [6.45, 7) is 4.79. The smallest absolute Gasteiger partial charge is 0.194 e. The molecule has 5 nitrogen and oxygen atoms in total. The van der Waals surface area contributed by atoms with Crippen molar-refractivity contribution in [3.63, 3.8) is 0 Å². The monoisotopic (exact) mass is 588 g/mol. The van der Waals surface area contributed by atoms with E-state index in [1.54, 1.807) is 25.4 Å². The van der Waals surface area contributed by atoms with E-state index in [9.17, 15) is 13.4 Å². The Balaban J connectivity index is 1.72. The first kappa shape index (κ1) is 28.9. The van der Waals surface area contributed by atoms with Gasteiger partial charge < -0.3 is 14.6 Å². The van der Waals surface area contributed by atoms with Gasteiger partial charge in [0.15, 0.2) is 5.43 Å². The summed E-state index contributed by atoms with van der Waals surface area (Å²) in [7, 11) is 0.449. The van der Waals surface area contributed by atoms with Gasteiger partial charge in [-0.2, -0.15) is 0 Å². The quantitative estimate of drug-likeness (QED) is 0.180. The maximum absolute atomic E-state index is 14.8. The number of methoxy groups -OCH3 is 1. The Hall–Kier alpha value is -3.59. The summed E-state index contributed by atoms with van der Waals surface area (Å²) in [6, 6.07) is 24.4. The highest BCUT2D eigenvalue weighted by molar-refractivity contribution is 7.84. The lowest BCUT2D eigenvalue weighted by Gasteiger charge is -2.17. The Morgan fingerprint density at radius 1 is 1.00 bits per heavy atom. The fraction of sp³-hybridized carbons (Fsp3) is 0.242. The third-order valence-corrected chi connectivity index (χ3v) is 9.76. The van der Waals surface area contributed by atoms with E-state index in [2.05, 4.69) is 24.4 Å². The van der Waals surface area contributed by atoms with Gasteiger partial charge in [0.25, 0.3) is 0 Å². The van der Waals surface area contributed by atoms with E-state index >= 15 is 0 Å². The van der Waals surface area contributed by atoms with E-state index in [-0.39, 0.29) is 29.6 Å². The summed E-state index contributed by atoms with van der Waals surface area (Å²) in [5.41, 5.74) is 3.88. The molecule has 0 aliphatic heterocycles. The van der Waals surface area contributed by atoms with Gasteiger partial charge in [-0.05, 0) is 48.4 Å². The largest absolute Gasteiger partial charge is 0.497 e. The van der Waals surface area contributed by atoms with Crippen LogP contribution in [-0.2, 0) is 29.6 Å². The van der Waals surface area contributed by atoms with Gasteiger partial charge in [-0.1, -0.05) is 55.5 Å². The highest BCUT2D eigenvalue weighted by Crippen LogP contribution is 2.41. The fourth-order valence-corrected chi connectivity index (χ4v) is 7.10. The Morgan fingerprint density at radius 3 is 2.39 bits per heavy atom. The summed E-state index contributed by atoms with van der Waals surface area (Å²) in [5.74, 6) is 1.05. The molecule has 5 aromatic rings. The zero-order valence-corrected chi connectivity index (χ0v) is 25.0. The fourth-order valence-electron chi connectivity index (χ4n) is 4.96. The molecule has 0 aliphatic rings. The van der Waals surface area contributed by atoms with Gasteiger partial charge in [0.2, 0.25) is 0 Å². The molecule has 0 saturated carbocycles. The van der Waals surface area contributed by atoms with E-state index in [1.807, 2.05) is 60.0 Å². The summed E-state index contributed by atoms with van der Waals surface area (Å²) in [4.78, 5) is 15.9. The van der Waals surface area contributed by atoms with Crippen LogP contribution in [-0.4, -0.2) is 21.6 Å². The molecule has 5 rings (SSSR count). The van der Waals surface area contributed by atoms with Crippen LogP contribution in [0.15, 0.2) is 89.9 Å². The van der Waals surface area contributed by atoms with Crippen LogP contribution in [0, 0.1) is 5.82 Å². The van der Waals surface area contributed by atoms with Crippen LogP contribution in [0.4, 0.5) is 4.39 Å². The topological polar surface area (TPSA) is 60.3 Å². The van der Waals surface area contributed by atoms with Crippen LogP contribution in [0.1, 0.15) is 42.1 Å². The van der Waals surface area contributed by atoms with Crippen molar-refractivity contribution in [1.82, 2.24) is 9.88 Å². The number of pyridine rings is 1. The Kier molecular flexibility index (Phi) is 9.12.